The molecular formula is C23H30N2O3S. The molecule has 5 nitrogen and oxygen atoms in total. The van der Waals surface area contributed by atoms with Gasteiger partial charge in [-0.15, -0.1) is 0 Å². The standard InChI is InChI=1S/C23H30N2O3S/c1-16-8-7-11-22(14-16)25(29(4,27)28)18(3)23(26)24-17(2)20-13-12-19-9-5-6-10-21(19)15-20/h7-8,11-15,17-18H,5-6,9-10H2,1-4H3,(H,24,26)/t17-,18+/m1/s1. The maximum Gasteiger partial charge on any atom is 0.244 e. The van der Waals surface area contributed by atoms with Gasteiger partial charge in [0.05, 0.1) is 18.0 Å². The number of hydrogen-bond acceptors (Lipinski definition) is 3. The molecule has 0 heterocycles. The molecule has 2 aromatic rings. The van der Waals surface area contributed by atoms with E-state index in [4.69, 9.17) is 0 Å². The second-order valence-corrected chi connectivity index (χ2v) is 9.90. The van der Waals surface area contributed by atoms with Gasteiger partial charge in [0, 0.05) is 0 Å². The van der Waals surface area contributed by atoms with Gasteiger partial charge in [0.15, 0.2) is 0 Å². The highest BCUT2D eigenvalue weighted by Gasteiger charge is 2.30. The number of amides is 1. The molecule has 1 aliphatic carbocycles. The maximum absolute atomic E-state index is 12.9. The third-order valence-electron chi connectivity index (χ3n) is 5.58. The Morgan fingerprint density at radius 3 is 2.38 bits per heavy atom. The summed E-state index contributed by atoms with van der Waals surface area (Å²) in [4.78, 5) is 12.9. The van der Waals surface area contributed by atoms with Gasteiger partial charge in [0.25, 0.3) is 0 Å². The summed E-state index contributed by atoms with van der Waals surface area (Å²) >= 11 is 0. The molecule has 6 heteroatoms. The van der Waals surface area contributed by atoms with Crippen molar-refractivity contribution in [3.63, 3.8) is 0 Å². The van der Waals surface area contributed by atoms with Crippen molar-refractivity contribution in [2.24, 2.45) is 0 Å². The van der Waals surface area contributed by atoms with Crippen LogP contribution >= 0.6 is 0 Å². The summed E-state index contributed by atoms with van der Waals surface area (Å²) in [5.41, 5.74) is 5.24. The first-order valence-corrected chi connectivity index (χ1v) is 12.0. The molecule has 3 rings (SSSR count). The second-order valence-electron chi connectivity index (χ2n) is 8.04. The van der Waals surface area contributed by atoms with Crippen LogP contribution in [0.3, 0.4) is 0 Å². The van der Waals surface area contributed by atoms with Crippen molar-refractivity contribution in [3.8, 4) is 0 Å². The monoisotopic (exact) mass is 414 g/mol. The lowest BCUT2D eigenvalue weighted by molar-refractivity contribution is -0.122. The fourth-order valence-corrected chi connectivity index (χ4v) is 5.18. The number of benzene rings is 2. The number of anilines is 1. The van der Waals surface area contributed by atoms with Crippen LogP contribution in [0.2, 0.25) is 0 Å². The molecule has 0 saturated carbocycles. The Balaban J connectivity index is 1.79. The molecular weight excluding hydrogens is 384 g/mol. The van der Waals surface area contributed by atoms with Gasteiger partial charge in [-0.3, -0.25) is 9.10 Å². The molecule has 0 aromatic heterocycles. The molecule has 0 spiro atoms. The molecule has 0 aliphatic heterocycles. The van der Waals surface area contributed by atoms with Crippen LogP contribution in [0.4, 0.5) is 5.69 Å². The number of sulfonamides is 1. The van der Waals surface area contributed by atoms with Crippen LogP contribution < -0.4 is 9.62 Å². The van der Waals surface area contributed by atoms with E-state index in [9.17, 15) is 13.2 Å². The van der Waals surface area contributed by atoms with Gasteiger partial charge in [0.2, 0.25) is 15.9 Å². The van der Waals surface area contributed by atoms with Crippen LogP contribution in [0, 0.1) is 6.92 Å². The van der Waals surface area contributed by atoms with E-state index >= 15 is 0 Å². The molecule has 0 fully saturated rings. The second kappa shape index (κ2) is 8.57. The maximum atomic E-state index is 12.9. The number of nitrogens with zero attached hydrogens (tertiary/aromatic N) is 1. The van der Waals surface area contributed by atoms with E-state index < -0.39 is 16.1 Å². The summed E-state index contributed by atoms with van der Waals surface area (Å²) in [5.74, 6) is -0.317. The summed E-state index contributed by atoms with van der Waals surface area (Å²) < 4.78 is 26.1. The zero-order chi connectivity index (χ0) is 21.2. The molecule has 1 amide bonds. The molecule has 0 radical (unpaired) electrons. The lowest BCUT2D eigenvalue weighted by Gasteiger charge is -2.29. The summed E-state index contributed by atoms with van der Waals surface area (Å²) in [6.07, 6.45) is 5.76. The zero-order valence-corrected chi connectivity index (χ0v) is 18.4. The minimum absolute atomic E-state index is 0.198. The van der Waals surface area contributed by atoms with E-state index in [-0.39, 0.29) is 11.9 Å². The van der Waals surface area contributed by atoms with Crippen molar-refractivity contribution in [2.45, 2.75) is 58.5 Å². The van der Waals surface area contributed by atoms with Crippen LogP contribution in [0.5, 0.6) is 0 Å². The number of carbonyl (C=O) groups is 1. The van der Waals surface area contributed by atoms with Gasteiger partial charge in [0.1, 0.15) is 6.04 Å². The molecule has 0 unspecified atom stereocenters. The first-order chi connectivity index (χ1) is 13.7. The molecule has 0 saturated heterocycles. The molecule has 1 N–H and O–H groups in total. The van der Waals surface area contributed by atoms with Crippen molar-refractivity contribution in [3.05, 3.63) is 64.7 Å². The van der Waals surface area contributed by atoms with Crippen molar-refractivity contribution in [2.75, 3.05) is 10.6 Å². The molecule has 29 heavy (non-hydrogen) atoms. The van der Waals surface area contributed by atoms with Gasteiger partial charge in [-0.25, -0.2) is 8.42 Å². The fourth-order valence-electron chi connectivity index (χ4n) is 4.01. The van der Waals surface area contributed by atoms with E-state index in [1.807, 2.05) is 19.9 Å². The van der Waals surface area contributed by atoms with Gasteiger partial charge < -0.3 is 5.32 Å². The van der Waals surface area contributed by atoms with Crippen LogP contribution in [0.1, 0.15) is 55.0 Å². The topological polar surface area (TPSA) is 66.5 Å². The Hall–Kier alpha value is -2.34. The predicted molar refractivity (Wildman–Crippen MR) is 118 cm³/mol. The molecule has 1 aliphatic rings. The number of hydrogen-bond donors (Lipinski definition) is 1. The minimum atomic E-state index is -3.62. The van der Waals surface area contributed by atoms with Crippen LogP contribution in [0.25, 0.3) is 0 Å². The summed E-state index contributed by atoms with van der Waals surface area (Å²) in [5, 5.41) is 2.99. The Kier molecular flexibility index (Phi) is 6.32. The molecule has 0 bridgehead atoms. The van der Waals surface area contributed by atoms with E-state index in [2.05, 4.69) is 23.5 Å². The third kappa shape index (κ3) is 4.99. The van der Waals surface area contributed by atoms with E-state index in [1.165, 1.54) is 28.3 Å². The van der Waals surface area contributed by atoms with Crippen molar-refractivity contribution < 1.29 is 13.2 Å². The molecule has 156 valence electrons. The summed E-state index contributed by atoms with van der Waals surface area (Å²) in [7, 11) is -3.62. The van der Waals surface area contributed by atoms with Gasteiger partial charge in [-0.2, -0.15) is 0 Å². The quantitative estimate of drug-likeness (QED) is 0.779. The normalized spacial score (nSPS) is 15.9. The van der Waals surface area contributed by atoms with E-state index in [0.29, 0.717) is 5.69 Å². The van der Waals surface area contributed by atoms with Crippen LogP contribution in [0.15, 0.2) is 42.5 Å². The van der Waals surface area contributed by atoms with E-state index in [0.717, 1.165) is 30.2 Å². The Morgan fingerprint density at radius 2 is 1.72 bits per heavy atom. The predicted octanol–water partition coefficient (Wildman–Crippen LogP) is 3.91. The van der Waals surface area contributed by atoms with Crippen molar-refractivity contribution in [1.29, 1.82) is 0 Å². The number of aryl methyl sites for hydroxylation is 3. The highest BCUT2D eigenvalue weighted by Crippen LogP contribution is 2.26. The third-order valence-corrected chi connectivity index (χ3v) is 6.82. The summed E-state index contributed by atoms with van der Waals surface area (Å²) in [6.45, 7) is 5.46. The Morgan fingerprint density at radius 1 is 1.03 bits per heavy atom. The Bertz CT molecular complexity index is 1000. The smallest absolute Gasteiger partial charge is 0.244 e. The lowest BCUT2D eigenvalue weighted by Crippen LogP contribution is -2.48. The average Bonchev–Trinajstić information content (AvgIpc) is 2.66. The van der Waals surface area contributed by atoms with E-state index in [1.54, 1.807) is 25.1 Å². The highest BCUT2D eigenvalue weighted by atomic mass is 32.2. The molecule has 2 aromatic carbocycles. The van der Waals surface area contributed by atoms with Crippen LogP contribution in [-0.4, -0.2) is 26.6 Å². The lowest BCUT2D eigenvalue weighted by atomic mass is 9.89. The van der Waals surface area contributed by atoms with Gasteiger partial charge in [-0.05, 0) is 80.8 Å². The first-order valence-electron chi connectivity index (χ1n) is 10.1. The largest absolute Gasteiger partial charge is 0.348 e. The van der Waals surface area contributed by atoms with Crippen molar-refractivity contribution >= 4 is 21.6 Å². The highest BCUT2D eigenvalue weighted by molar-refractivity contribution is 7.92. The van der Waals surface area contributed by atoms with Gasteiger partial charge in [-0.1, -0.05) is 30.3 Å². The number of fused-ring (bicyclic) bond motifs is 1. The van der Waals surface area contributed by atoms with Crippen LogP contribution in [-0.2, 0) is 27.7 Å². The van der Waals surface area contributed by atoms with Crippen molar-refractivity contribution in [1.82, 2.24) is 5.32 Å². The summed E-state index contributed by atoms with van der Waals surface area (Å²) in [6, 6.07) is 12.5. The minimum Gasteiger partial charge on any atom is -0.348 e. The SMILES string of the molecule is Cc1cccc(N([C@@H](C)C(=O)N[C@H](C)c2ccc3c(c2)CCCC3)S(C)(=O)=O)c1. The Labute approximate surface area is 174 Å². The molecule has 2 atom stereocenters. The number of nitrogens with one attached hydrogen (secondary N) is 1. The zero-order valence-electron chi connectivity index (χ0n) is 17.6. The first kappa shape index (κ1) is 21.4. The number of rotatable bonds is 6. The average molecular weight is 415 g/mol. The fraction of sp³-hybridized carbons (Fsp3) is 0.435. The number of carbonyl (C=O) groups excluding carboxylic acids is 1. The van der Waals surface area contributed by atoms with Gasteiger partial charge >= 0.3 is 0 Å².